The van der Waals surface area contributed by atoms with Crippen molar-refractivity contribution < 1.29 is 53.8 Å². The number of rotatable bonds is 11. The van der Waals surface area contributed by atoms with Crippen molar-refractivity contribution in [3.63, 3.8) is 0 Å². The summed E-state index contributed by atoms with van der Waals surface area (Å²) >= 11 is 0. The zero-order chi connectivity index (χ0) is 36.4. The van der Waals surface area contributed by atoms with E-state index in [0.717, 1.165) is 19.3 Å². The summed E-state index contributed by atoms with van der Waals surface area (Å²) in [7, 11) is 0. The second-order valence-electron chi connectivity index (χ2n) is 9.93. The van der Waals surface area contributed by atoms with Gasteiger partial charge in [0.25, 0.3) is 0 Å². The molecule has 49 heavy (non-hydrogen) atoms. The fourth-order valence-electron chi connectivity index (χ4n) is 3.50. The number of aromatic hydroxyl groups is 3. The highest BCUT2D eigenvalue weighted by Crippen LogP contribution is 2.18. The lowest BCUT2D eigenvalue weighted by molar-refractivity contribution is -0.000325. The minimum absolute atomic E-state index is 0.0333. The Balaban J connectivity index is 0.000000329. The maximum absolute atomic E-state index is 11.4. The van der Waals surface area contributed by atoms with Crippen LogP contribution in [0, 0.1) is 0 Å². The van der Waals surface area contributed by atoms with Gasteiger partial charge in [0.2, 0.25) is 0 Å². The monoisotopic (exact) mass is 678 g/mol. The van der Waals surface area contributed by atoms with Gasteiger partial charge in [0.05, 0.1) is 19.8 Å². The number of hydrogen-bond donors (Lipinski definition) is 4. The van der Waals surface area contributed by atoms with E-state index in [2.05, 4.69) is 0 Å². The lowest BCUT2D eigenvalue weighted by Gasteiger charge is -2.06. The number of carbonyl (C=O) groups excluding carboxylic acids is 3. The van der Waals surface area contributed by atoms with Gasteiger partial charge in [-0.3, -0.25) is 0 Å². The summed E-state index contributed by atoms with van der Waals surface area (Å²) in [4.78, 5) is 33.7. The zero-order valence-electron chi connectivity index (χ0n) is 28.3. The van der Waals surface area contributed by atoms with Gasteiger partial charge in [0.15, 0.2) is 6.29 Å². The van der Waals surface area contributed by atoms with Crippen molar-refractivity contribution in [3.05, 3.63) is 120 Å². The molecule has 11 heteroatoms. The number of para-hydroxylation sites is 4. The number of esters is 3. The number of hydrogen-bond acceptors (Lipinski definition) is 11. The first-order chi connectivity index (χ1) is 23.5. The number of phenols is 3. The number of phenolic OH excluding ortho intramolecular Hbond substituents is 3. The number of unbranched alkanes of at least 4 members (excludes halogenated alkanes) is 1. The molecule has 0 saturated heterocycles. The molecular weight excluding hydrogens is 632 g/mol. The van der Waals surface area contributed by atoms with Crippen LogP contribution in [-0.2, 0) is 14.2 Å². The lowest BCUT2D eigenvalue weighted by Crippen LogP contribution is -2.08. The van der Waals surface area contributed by atoms with E-state index in [-0.39, 0.29) is 33.9 Å². The SMILES string of the molecule is CC(O)Oc1ccccc1.CCCCOC(=O)c1ccccc1O.CCCOC(=O)c1ccccc1O.CCOC(=O)c1ccccc1O. The highest BCUT2D eigenvalue weighted by molar-refractivity contribution is 5.93. The fourth-order valence-corrected chi connectivity index (χ4v) is 3.50. The summed E-state index contributed by atoms with van der Waals surface area (Å²) in [5.41, 5.74) is 0.652. The van der Waals surface area contributed by atoms with Gasteiger partial charge in [-0.25, -0.2) is 14.4 Å². The average Bonchev–Trinajstić information content (AvgIpc) is 3.09. The van der Waals surface area contributed by atoms with Gasteiger partial charge in [0, 0.05) is 0 Å². The van der Waals surface area contributed by atoms with E-state index in [9.17, 15) is 29.7 Å². The first kappa shape index (κ1) is 41.5. The molecule has 4 aromatic rings. The summed E-state index contributed by atoms with van der Waals surface area (Å²) in [6.45, 7) is 8.33. The van der Waals surface area contributed by atoms with Crippen LogP contribution in [0.5, 0.6) is 23.0 Å². The fraction of sp³-hybridized carbons (Fsp3) is 0.289. The molecule has 0 amide bonds. The number of aliphatic hydroxyl groups is 1. The standard InChI is InChI=1S/C11H14O3.C10H12O3.C9H10O3.C8H10O2/c1-2-3-8-14-11(13)9-6-4-5-7-10(9)12;1-2-7-13-10(12)8-5-3-4-6-9(8)11;1-2-12-9(11)7-5-3-4-6-8(7)10;1-7(9)10-8-5-3-2-4-6-8/h4-7,12H,2-3,8H2,1H3;3-6,11H,2,7H2,1H3;3-6,10H,2H2,1H3;2-7,9H,1H3. The molecule has 4 N–H and O–H groups in total. The molecule has 0 fully saturated rings. The van der Waals surface area contributed by atoms with Gasteiger partial charge in [0.1, 0.15) is 39.7 Å². The third-order valence-corrected chi connectivity index (χ3v) is 5.87. The normalized spacial score (nSPS) is 10.2. The van der Waals surface area contributed by atoms with Crippen molar-refractivity contribution in [2.45, 2.75) is 53.2 Å². The van der Waals surface area contributed by atoms with Crippen molar-refractivity contribution in [1.29, 1.82) is 0 Å². The molecule has 4 rings (SSSR count). The summed E-state index contributed by atoms with van der Waals surface area (Å²) in [6.07, 6.45) is 1.87. The van der Waals surface area contributed by atoms with Crippen LogP contribution in [0.4, 0.5) is 0 Å². The Morgan fingerprint density at radius 2 is 0.939 bits per heavy atom. The van der Waals surface area contributed by atoms with Gasteiger partial charge >= 0.3 is 17.9 Å². The van der Waals surface area contributed by atoms with Crippen LogP contribution in [0.15, 0.2) is 103 Å². The number of carbonyl (C=O) groups is 3. The molecule has 11 nitrogen and oxygen atoms in total. The number of benzene rings is 4. The largest absolute Gasteiger partial charge is 0.507 e. The van der Waals surface area contributed by atoms with E-state index < -0.39 is 24.2 Å². The molecule has 264 valence electrons. The van der Waals surface area contributed by atoms with Crippen molar-refractivity contribution in [3.8, 4) is 23.0 Å². The van der Waals surface area contributed by atoms with Crippen LogP contribution >= 0.6 is 0 Å². The first-order valence-electron chi connectivity index (χ1n) is 15.8. The van der Waals surface area contributed by atoms with E-state index in [1.54, 1.807) is 68.4 Å². The quantitative estimate of drug-likeness (QED) is 0.0544. The molecule has 4 aromatic carbocycles. The van der Waals surface area contributed by atoms with Crippen molar-refractivity contribution >= 4 is 17.9 Å². The highest BCUT2D eigenvalue weighted by atomic mass is 16.6. The summed E-state index contributed by atoms with van der Waals surface area (Å²) in [5.74, 6) is -0.849. The molecule has 0 radical (unpaired) electrons. The molecule has 1 unspecified atom stereocenters. The Morgan fingerprint density at radius 3 is 1.31 bits per heavy atom. The van der Waals surface area contributed by atoms with E-state index >= 15 is 0 Å². The third kappa shape index (κ3) is 17.3. The summed E-state index contributed by atoms with van der Waals surface area (Å²) in [6, 6.07) is 28.2. The molecule has 0 bridgehead atoms. The van der Waals surface area contributed by atoms with Gasteiger partial charge in [-0.1, -0.05) is 74.9 Å². The molecule has 0 aromatic heterocycles. The van der Waals surface area contributed by atoms with Gasteiger partial charge in [-0.15, -0.1) is 0 Å². The highest BCUT2D eigenvalue weighted by Gasteiger charge is 2.12. The molecule has 1 atom stereocenters. The Labute approximate surface area is 287 Å². The molecule has 0 aliphatic carbocycles. The molecule has 0 aliphatic rings. The van der Waals surface area contributed by atoms with Crippen LogP contribution in [0.2, 0.25) is 0 Å². The molecule has 0 heterocycles. The van der Waals surface area contributed by atoms with E-state index in [4.69, 9.17) is 24.1 Å². The first-order valence-corrected chi connectivity index (χ1v) is 15.8. The van der Waals surface area contributed by atoms with Crippen molar-refractivity contribution in [2.24, 2.45) is 0 Å². The predicted molar refractivity (Wildman–Crippen MR) is 185 cm³/mol. The third-order valence-electron chi connectivity index (χ3n) is 5.87. The van der Waals surface area contributed by atoms with Crippen LogP contribution in [0.25, 0.3) is 0 Å². The Hall–Kier alpha value is -5.55. The minimum atomic E-state index is -0.734. The molecule has 0 spiro atoms. The molecule has 0 saturated carbocycles. The van der Waals surface area contributed by atoms with E-state index in [1.807, 2.05) is 32.0 Å². The van der Waals surface area contributed by atoms with Crippen LogP contribution in [-0.4, -0.2) is 64.4 Å². The minimum Gasteiger partial charge on any atom is -0.507 e. The second-order valence-corrected chi connectivity index (χ2v) is 9.93. The second kappa shape index (κ2) is 24.6. The maximum atomic E-state index is 11.4. The maximum Gasteiger partial charge on any atom is 0.341 e. The van der Waals surface area contributed by atoms with Crippen molar-refractivity contribution in [2.75, 3.05) is 19.8 Å². The van der Waals surface area contributed by atoms with Crippen LogP contribution < -0.4 is 4.74 Å². The van der Waals surface area contributed by atoms with E-state index in [0.29, 0.717) is 25.6 Å². The lowest BCUT2D eigenvalue weighted by atomic mass is 10.2. The van der Waals surface area contributed by atoms with Crippen LogP contribution in [0.3, 0.4) is 0 Å². The number of ether oxygens (including phenoxy) is 4. The number of aliphatic hydroxyl groups excluding tert-OH is 1. The zero-order valence-corrected chi connectivity index (χ0v) is 28.3. The molecular formula is C38H46O11. The molecule has 0 aliphatic heterocycles. The smallest absolute Gasteiger partial charge is 0.341 e. The predicted octanol–water partition coefficient (Wildman–Crippen LogP) is 7.28. The van der Waals surface area contributed by atoms with Crippen LogP contribution in [0.1, 0.15) is 78.0 Å². The van der Waals surface area contributed by atoms with Gasteiger partial charge < -0.3 is 39.4 Å². The average molecular weight is 679 g/mol. The Kier molecular flexibility index (Phi) is 20.8. The topological polar surface area (TPSA) is 169 Å². The summed E-state index contributed by atoms with van der Waals surface area (Å²) < 4.78 is 19.5. The van der Waals surface area contributed by atoms with E-state index in [1.165, 1.54) is 30.3 Å². The Bertz CT molecular complexity index is 1520. The van der Waals surface area contributed by atoms with Gasteiger partial charge in [-0.2, -0.15) is 0 Å². The summed E-state index contributed by atoms with van der Waals surface area (Å²) in [5, 5.41) is 36.6. The van der Waals surface area contributed by atoms with Crippen molar-refractivity contribution in [1.82, 2.24) is 0 Å². The Morgan fingerprint density at radius 1 is 0.551 bits per heavy atom. The van der Waals surface area contributed by atoms with Gasteiger partial charge in [-0.05, 0) is 75.2 Å².